The van der Waals surface area contributed by atoms with Crippen LogP contribution in [0.1, 0.15) is 30.5 Å². The molecule has 0 aliphatic heterocycles. The minimum Gasteiger partial charge on any atom is -0.352 e. The summed E-state index contributed by atoms with van der Waals surface area (Å²) in [5, 5.41) is 3.38. The largest absolute Gasteiger partial charge is 0.352 e. The van der Waals surface area contributed by atoms with E-state index in [0.29, 0.717) is 10.7 Å². The fourth-order valence-corrected chi connectivity index (χ4v) is 5.02. The molecule has 1 N–H and O–H groups in total. The Kier molecular flexibility index (Phi) is 9.94. The van der Waals surface area contributed by atoms with E-state index in [0.717, 1.165) is 27.3 Å². The van der Waals surface area contributed by atoms with Crippen LogP contribution in [0.4, 0.5) is 5.69 Å². The van der Waals surface area contributed by atoms with Gasteiger partial charge in [-0.25, -0.2) is 8.42 Å². The van der Waals surface area contributed by atoms with Crippen molar-refractivity contribution in [1.29, 1.82) is 0 Å². The molecule has 0 saturated heterocycles. The Hall–Kier alpha value is -3.36. The molecule has 0 spiro atoms. The number of aryl methyl sites for hydroxylation is 1. The first-order valence-corrected chi connectivity index (χ1v) is 14.6. The second-order valence-corrected chi connectivity index (χ2v) is 12.0. The highest BCUT2D eigenvalue weighted by atomic mass is 35.5. The molecule has 7 nitrogen and oxygen atoms in total. The average Bonchev–Trinajstić information content (AvgIpc) is 2.86. The van der Waals surface area contributed by atoms with Gasteiger partial charge in [-0.2, -0.15) is 0 Å². The lowest BCUT2D eigenvalue weighted by atomic mass is 10.0. The fourth-order valence-electron chi connectivity index (χ4n) is 4.05. The van der Waals surface area contributed by atoms with E-state index in [1.165, 1.54) is 4.90 Å². The number of carbonyl (C=O) groups excluding carboxylic acids is 2. The maximum atomic E-state index is 13.9. The van der Waals surface area contributed by atoms with Crippen LogP contribution in [0, 0.1) is 6.92 Å². The summed E-state index contributed by atoms with van der Waals surface area (Å²) in [4.78, 5) is 28.9. The number of sulfonamides is 1. The van der Waals surface area contributed by atoms with Crippen LogP contribution in [0.2, 0.25) is 5.02 Å². The van der Waals surface area contributed by atoms with Crippen molar-refractivity contribution in [2.24, 2.45) is 0 Å². The minimum atomic E-state index is -3.82. The Bertz CT molecular complexity index is 1330. The van der Waals surface area contributed by atoms with Gasteiger partial charge < -0.3 is 10.2 Å². The quantitative estimate of drug-likeness (QED) is 0.375. The molecule has 0 aliphatic rings. The number of hydrogen-bond acceptors (Lipinski definition) is 4. The molecule has 3 aromatic carbocycles. The lowest BCUT2D eigenvalue weighted by Crippen LogP contribution is -2.54. The van der Waals surface area contributed by atoms with Crippen molar-refractivity contribution in [1.82, 2.24) is 10.2 Å². The number of carbonyl (C=O) groups is 2. The van der Waals surface area contributed by atoms with E-state index in [1.807, 2.05) is 75.4 Å². The van der Waals surface area contributed by atoms with Gasteiger partial charge in [0.2, 0.25) is 21.8 Å². The van der Waals surface area contributed by atoms with E-state index in [2.05, 4.69) is 5.32 Å². The molecular formula is C29H34ClN3O4S. The summed E-state index contributed by atoms with van der Waals surface area (Å²) in [5.74, 6) is -0.799. The van der Waals surface area contributed by atoms with Crippen molar-refractivity contribution < 1.29 is 18.0 Å². The molecule has 9 heteroatoms. The second kappa shape index (κ2) is 12.9. The monoisotopic (exact) mass is 555 g/mol. The summed E-state index contributed by atoms with van der Waals surface area (Å²) in [6.07, 6.45) is 1.32. The molecule has 0 bridgehead atoms. The van der Waals surface area contributed by atoms with Gasteiger partial charge in [0.25, 0.3) is 0 Å². The Balaban J connectivity index is 2.04. The maximum Gasteiger partial charge on any atom is 0.244 e. The normalized spacial score (nSPS) is 12.2. The Morgan fingerprint density at radius 2 is 1.50 bits per heavy atom. The first-order chi connectivity index (χ1) is 17.9. The Labute approximate surface area is 230 Å². The van der Waals surface area contributed by atoms with Crippen LogP contribution in [0.15, 0.2) is 78.9 Å². The van der Waals surface area contributed by atoms with Crippen molar-refractivity contribution in [3.63, 3.8) is 0 Å². The molecule has 38 heavy (non-hydrogen) atoms. The molecular weight excluding hydrogens is 522 g/mol. The zero-order valence-electron chi connectivity index (χ0n) is 22.1. The van der Waals surface area contributed by atoms with Gasteiger partial charge in [0.05, 0.1) is 11.9 Å². The number of halogens is 1. The smallest absolute Gasteiger partial charge is 0.244 e. The number of hydrogen-bond donors (Lipinski definition) is 1. The van der Waals surface area contributed by atoms with E-state index in [-0.39, 0.29) is 24.9 Å². The summed E-state index contributed by atoms with van der Waals surface area (Å²) in [6, 6.07) is 22.4. The van der Waals surface area contributed by atoms with Crippen LogP contribution in [0.25, 0.3) is 0 Å². The second-order valence-electron chi connectivity index (χ2n) is 9.62. The molecule has 3 rings (SSSR count). The molecule has 1 atom stereocenters. The standard InChI is InChI=1S/C29H34ClN3O4S/c1-21(2)31-29(35)27(18-23-8-6-5-7-9-23)32(19-24-12-10-22(3)11-13-24)28(34)20-33(38(4,36)37)26-16-14-25(30)15-17-26/h5-17,21,27H,18-20H2,1-4H3,(H,31,35). The highest BCUT2D eigenvalue weighted by Crippen LogP contribution is 2.22. The van der Waals surface area contributed by atoms with Crippen LogP contribution in [0.5, 0.6) is 0 Å². The fraction of sp³-hybridized carbons (Fsp3) is 0.310. The van der Waals surface area contributed by atoms with Crippen molar-refractivity contribution >= 4 is 39.1 Å². The molecule has 2 amide bonds. The molecule has 202 valence electrons. The summed E-state index contributed by atoms with van der Waals surface area (Å²) < 4.78 is 26.5. The van der Waals surface area contributed by atoms with Crippen molar-refractivity contribution in [2.75, 3.05) is 17.1 Å². The summed E-state index contributed by atoms with van der Waals surface area (Å²) in [5.41, 5.74) is 3.09. The molecule has 1 unspecified atom stereocenters. The molecule has 0 aliphatic carbocycles. The van der Waals surface area contributed by atoms with Gasteiger partial charge in [-0.05, 0) is 56.2 Å². The topological polar surface area (TPSA) is 86.8 Å². The third-order valence-electron chi connectivity index (χ3n) is 5.97. The summed E-state index contributed by atoms with van der Waals surface area (Å²) in [6.45, 7) is 5.36. The lowest BCUT2D eigenvalue weighted by molar-refractivity contribution is -0.140. The average molecular weight is 556 g/mol. The van der Waals surface area contributed by atoms with E-state index in [4.69, 9.17) is 11.6 Å². The number of amides is 2. The summed E-state index contributed by atoms with van der Waals surface area (Å²) in [7, 11) is -3.82. The van der Waals surface area contributed by atoms with E-state index < -0.39 is 28.5 Å². The number of nitrogens with one attached hydrogen (secondary N) is 1. The van der Waals surface area contributed by atoms with Gasteiger partial charge in [0.15, 0.2) is 0 Å². The number of benzene rings is 3. The summed E-state index contributed by atoms with van der Waals surface area (Å²) >= 11 is 6.00. The van der Waals surface area contributed by atoms with E-state index in [1.54, 1.807) is 24.3 Å². The molecule has 0 saturated carbocycles. The van der Waals surface area contributed by atoms with Gasteiger partial charge in [-0.3, -0.25) is 13.9 Å². The van der Waals surface area contributed by atoms with Gasteiger partial charge in [0.1, 0.15) is 12.6 Å². The highest BCUT2D eigenvalue weighted by Gasteiger charge is 2.33. The maximum absolute atomic E-state index is 13.9. The van der Waals surface area contributed by atoms with Crippen molar-refractivity contribution in [2.45, 2.75) is 45.8 Å². The van der Waals surface area contributed by atoms with Gasteiger partial charge in [0, 0.05) is 24.0 Å². The molecule has 0 heterocycles. The van der Waals surface area contributed by atoms with Crippen LogP contribution in [-0.2, 0) is 32.6 Å². The van der Waals surface area contributed by atoms with Crippen molar-refractivity contribution in [3.05, 3.63) is 101 Å². The highest BCUT2D eigenvalue weighted by molar-refractivity contribution is 7.92. The van der Waals surface area contributed by atoms with Gasteiger partial charge >= 0.3 is 0 Å². The first-order valence-electron chi connectivity index (χ1n) is 12.4. The van der Waals surface area contributed by atoms with E-state index in [9.17, 15) is 18.0 Å². The number of anilines is 1. The third kappa shape index (κ3) is 8.33. The van der Waals surface area contributed by atoms with Gasteiger partial charge in [-0.1, -0.05) is 71.8 Å². The number of rotatable bonds is 11. The zero-order chi connectivity index (χ0) is 27.9. The lowest BCUT2D eigenvalue weighted by Gasteiger charge is -2.34. The predicted molar refractivity (Wildman–Crippen MR) is 153 cm³/mol. The zero-order valence-corrected chi connectivity index (χ0v) is 23.7. The van der Waals surface area contributed by atoms with E-state index >= 15 is 0 Å². The van der Waals surface area contributed by atoms with Gasteiger partial charge in [-0.15, -0.1) is 0 Å². The molecule has 0 aromatic heterocycles. The Morgan fingerprint density at radius 3 is 2.05 bits per heavy atom. The SMILES string of the molecule is Cc1ccc(CN(C(=O)CN(c2ccc(Cl)cc2)S(C)(=O)=O)C(Cc2ccccc2)C(=O)NC(C)C)cc1. The molecule has 0 radical (unpaired) electrons. The first kappa shape index (κ1) is 29.2. The minimum absolute atomic E-state index is 0.139. The van der Waals surface area contributed by atoms with Crippen LogP contribution in [-0.4, -0.2) is 50.0 Å². The van der Waals surface area contributed by atoms with Crippen LogP contribution < -0.4 is 9.62 Å². The van der Waals surface area contributed by atoms with Crippen LogP contribution >= 0.6 is 11.6 Å². The van der Waals surface area contributed by atoms with Crippen molar-refractivity contribution in [3.8, 4) is 0 Å². The van der Waals surface area contributed by atoms with Crippen LogP contribution in [0.3, 0.4) is 0 Å². The third-order valence-corrected chi connectivity index (χ3v) is 7.36. The molecule has 3 aromatic rings. The Morgan fingerprint density at radius 1 is 0.895 bits per heavy atom. The number of nitrogens with zero attached hydrogens (tertiary/aromatic N) is 2. The molecule has 0 fully saturated rings. The predicted octanol–water partition coefficient (Wildman–Crippen LogP) is 4.58.